The van der Waals surface area contributed by atoms with Crippen molar-refractivity contribution in [3.05, 3.63) is 23.8 Å². The SMILES string of the molecule is C=C(C)[C@@H]1CC(C)=C[C@@H](OCOC)C1C(C)C=O. The minimum Gasteiger partial charge on any atom is -0.359 e. The monoisotopic (exact) mass is 252 g/mol. The molecule has 1 rings (SSSR count). The molecule has 0 aliphatic heterocycles. The summed E-state index contributed by atoms with van der Waals surface area (Å²) in [7, 11) is 1.60. The van der Waals surface area contributed by atoms with E-state index in [0.29, 0.717) is 5.92 Å². The second kappa shape index (κ2) is 6.86. The Kier molecular flexibility index (Phi) is 5.76. The molecule has 3 nitrogen and oxygen atoms in total. The van der Waals surface area contributed by atoms with Gasteiger partial charge in [0, 0.05) is 18.9 Å². The van der Waals surface area contributed by atoms with Crippen molar-refractivity contribution < 1.29 is 14.3 Å². The highest BCUT2D eigenvalue weighted by molar-refractivity contribution is 5.54. The molecule has 0 spiro atoms. The Bertz CT molecular complexity index is 333. The number of carbonyl (C=O) groups excluding carboxylic acids is 1. The van der Waals surface area contributed by atoms with Gasteiger partial charge in [0.1, 0.15) is 13.1 Å². The van der Waals surface area contributed by atoms with Crippen LogP contribution in [0.15, 0.2) is 23.8 Å². The maximum Gasteiger partial charge on any atom is 0.147 e. The van der Waals surface area contributed by atoms with Crippen LogP contribution in [0.25, 0.3) is 0 Å². The largest absolute Gasteiger partial charge is 0.359 e. The van der Waals surface area contributed by atoms with E-state index >= 15 is 0 Å². The lowest BCUT2D eigenvalue weighted by Crippen LogP contribution is -2.38. The Morgan fingerprint density at radius 2 is 2.33 bits per heavy atom. The van der Waals surface area contributed by atoms with Crippen LogP contribution in [-0.2, 0) is 14.3 Å². The molecule has 3 heteroatoms. The molecule has 1 aliphatic rings. The molecule has 102 valence electrons. The zero-order valence-corrected chi connectivity index (χ0v) is 11.8. The smallest absolute Gasteiger partial charge is 0.147 e. The second-order valence-corrected chi connectivity index (χ2v) is 5.28. The molecule has 0 radical (unpaired) electrons. The third kappa shape index (κ3) is 3.53. The van der Waals surface area contributed by atoms with Gasteiger partial charge in [0.2, 0.25) is 0 Å². The average molecular weight is 252 g/mol. The number of aldehydes is 1. The fraction of sp³-hybridized carbons (Fsp3) is 0.667. The van der Waals surface area contributed by atoms with Crippen molar-refractivity contribution in [3.63, 3.8) is 0 Å². The lowest BCUT2D eigenvalue weighted by atomic mass is 9.70. The maximum atomic E-state index is 11.1. The summed E-state index contributed by atoms with van der Waals surface area (Å²) in [5.41, 5.74) is 2.41. The van der Waals surface area contributed by atoms with E-state index in [-0.39, 0.29) is 24.7 Å². The zero-order chi connectivity index (χ0) is 13.7. The van der Waals surface area contributed by atoms with Crippen LogP contribution in [0.5, 0.6) is 0 Å². The van der Waals surface area contributed by atoms with Crippen LogP contribution in [0.2, 0.25) is 0 Å². The van der Waals surface area contributed by atoms with Crippen LogP contribution in [0, 0.1) is 17.8 Å². The average Bonchev–Trinajstić information content (AvgIpc) is 2.34. The quantitative estimate of drug-likeness (QED) is 0.414. The van der Waals surface area contributed by atoms with Crippen molar-refractivity contribution >= 4 is 6.29 Å². The molecule has 0 bridgehead atoms. The second-order valence-electron chi connectivity index (χ2n) is 5.28. The van der Waals surface area contributed by atoms with E-state index in [1.165, 1.54) is 5.57 Å². The molecule has 0 amide bonds. The van der Waals surface area contributed by atoms with E-state index in [1.807, 2.05) is 13.8 Å². The lowest BCUT2D eigenvalue weighted by Gasteiger charge is -2.38. The van der Waals surface area contributed by atoms with Crippen molar-refractivity contribution in [2.24, 2.45) is 17.8 Å². The first kappa shape index (κ1) is 15.1. The van der Waals surface area contributed by atoms with Gasteiger partial charge in [-0.2, -0.15) is 0 Å². The molecule has 0 N–H and O–H groups in total. The summed E-state index contributed by atoms with van der Waals surface area (Å²) in [5.74, 6) is 0.411. The van der Waals surface area contributed by atoms with Gasteiger partial charge in [-0.25, -0.2) is 0 Å². The Morgan fingerprint density at radius 3 is 2.83 bits per heavy atom. The highest BCUT2D eigenvalue weighted by Gasteiger charge is 2.36. The maximum absolute atomic E-state index is 11.1. The van der Waals surface area contributed by atoms with Gasteiger partial charge in [0.05, 0.1) is 6.10 Å². The third-order valence-electron chi connectivity index (χ3n) is 3.67. The van der Waals surface area contributed by atoms with Crippen LogP contribution in [0.4, 0.5) is 0 Å². The zero-order valence-electron chi connectivity index (χ0n) is 11.8. The number of rotatable bonds is 6. The van der Waals surface area contributed by atoms with Crippen molar-refractivity contribution in [2.45, 2.75) is 33.3 Å². The van der Waals surface area contributed by atoms with E-state index in [9.17, 15) is 4.79 Å². The highest BCUT2D eigenvalue weighted by atomic mass is 16.7. The number of hydrogen-bond donors (Lipinski definition) is 0. The molecule has 2 unspecified atom stereocenters. The Labute approximate surface area is 110 Å². The molecule has 0 aromatic carbocycles. The summed E-state index contributed by atoms with van der Waals surface area (Å²) in [6.45, 7) is 10.4. The Morgan fingerprint density at radius 1 is 1.67 bits per heavy atom. The van der Waals surface area contributed by atoms with Crippen LogP contribution >= 0.6 is 0 Å². The minimum absolute atomic E-state index is 0.0436. The predicted molar refractivity (Wildman–Crippen MR) is 72.1 cm³/mol. The van der Waals surface area contributed by atoms with Crippen LogP contribution in [0.1, 0.15) is 27.2 Å². The summed E-state index contributed by atoms with van der Waals surface area (Å²) in [4.78, 5) is 11.1. The van der Waals surface area contributed by atoms with Crippen LogP contribution < -0.4 is 0 Å². The van der Waals surface area contributed by atoms with E-state index < -0.39 is 0 Å². The lowest BCUT2D eigenvalue weighted by molar-refractivity contribution is -0.119. The normalized spacial score (nSPS) is 29.6. The molecule has 0 aromatic rings. The molecule has 0 aromatic heterocycles. The Balaban J connectivity index is 2.97. The summed E-state index contributed by atoms with van der Waals surface area (Å²) >= 11 is 0. The topological polar surface area (TPSA) is 35.5 Å². The molecule has 0 saturated carbocycles. The van der Waals surface area contributed by atoms with E-state index in [0.717, 1.165) is 18.3 Å². The highest BCUT2D eigenvalue weighted by Crippen LogP contribution is 2.39. The molecular weight excluding hydrogens is 228 g/mol. The minimum atomic E-state index is -0.0689. The molecule has 0 fully saturated rings. The molecule has 4 atom stereocenters. The number of carbonyl (C=O) groups is 1. The summed E-state index contributed by atoms with van der Waals surface area (Å²) in [5, 5.41) is 0. The van der Waals surface area contributed by atoms with Gasteiger partial charge in [0.15, 0.2) is 0 Å². The predicted octanol–water partition coefficient (Wildman–Crippen LogP) is 2.97. The van der Waals surface area contributed by atoms with E-state index in [4.69, 9.17) is 9.47 Å². The number of hydrogen-bond acceptors (Lipinski definition) is 3. The van der Waals surface area contributed by atoms with E-state index in [1.54, 1.807) is 7.11 Å². The van der Waals surface area contributed by atoms with Gasteiger partial charge in [0.25, 0.3) is 0 Å². The first-order chi connectivity index (χ1) is 8.51. The van der Waals surface area contributed by atoms with Gasteiger partial charge in [-0.3, -0.25) is 0 Å². The first-order valence-corrected chi connectivity index (χ1v) is 6.39. The van der Waals surface area contributed by atoms with Crippen molar-refractivity contribution in [3.8, 4) is 0 Å². The summed E-state index contributed by atoms with van der Waals surface area (Å²) in [6.07, 6.45) is 4.02. The van der Waals surface area contributed by atoms with Gasteiger partial charge >= 0.3 is 0 Å². The van der Waals surface area contributed by atoms with E-state index in [2.05, 4.69) is 19.6 Å². The fourth-order valence-corrected chi connectivity index (χ4v) is 2.74. The van der Waals surface area contributed by atoms with Gasteiger partial charge in [-0.15, -0.1) is 0 Å². The van der Waals surface area contributed by atoms with Gasteiger partial charge < -0.3 is 14.3 Å². The van der Waals surface area contributed by atoms with Gasteiger partial charge in [-0.1, -0.05) is 30.7 Å². The summed E-state index contributed by atoms with van der Waals surface area (Å²) < 4.78 is 10.7. The number of methoxy groups -OCH3 is 1. The van der Waals surface area contributed by atoms with Crippen LogP contribution in [0.3, 0.4) is 0 Å². The van der Waals surface area contributed by atoms with Crippen molar-refractivity contribution in [1.29, 1.82) is 0 Å². The fourth-order valence-electron chi connectivity index (χ4n) is 2.74. The number of ether oxygens (including phenoxy) is 2. The van der Waals surface area contributed by atoms with Crippen molar-refractivity contribution in [2.75, 3.05) is 13.9 Å². The van der Waals surface area contributed by atoms with Gasteiger partial charge in [-0.05, 0) is 26.2 Å². The first-order valence-electron chi connectivity index (χ1n) is 6.39. The molecular formula is C15H24O3. The molecule has 1 aliphatic carbocycles. The standard InChI is InChI=1S/C15H24O3/c1-10(2)13-6-11(3)7-14(18-9-17-5)15(13)12(4)8-16/h7-8,12-15H,1,6,9H2,2-5H3/t12?,13-,14+,15?/m0/s1. The third-order valence-corrected chi connectivity index (χ3v) is 3.67. The van der Waals surface area contributed by atoms with Crippen LogP contribution in [-0.4, -0.2) is 26.3 Å². The molecule has 18 heavy (non-hydrogen) atoms. The number of allylic oxidation sites excluding steroid dienone is 2. The van der Waals surface area contributed by atoms with Crippen molar-refractivity contribution in [1.82, 2.24) is 0 Å². The molecule has 0 heterocycles. The molecule has 0 saturated heterocycles. The summed E-state index contributed by atoms with van der Waals surface area (Å²) in [6, 6.07) is 0. The Hall–Kier alpha value is -0.930.